The van der Waals surface area contributed by atoms with E-state index in [4.69, 9.17) is 21.2 Å². The normalized spacial score (nSPS) is 22.9. The second kappa shape index (κ2) is 10.4. The number of carboxylic acids is 1. The number of nitrogens with one attached hydrogen (secondary N) is 2. The summed E-state index contributed by atoms with van der Waals surface area (Å²) in [6, 6.07) is 6.62. The Bertz CT molecular complexity index is 1740. The molecule has 6 rings (SSSR count). The van der Waals surface area contributed by atoms with Crippen LogP contribution >= 0.6 is 12.2 Å². The van der Waals surface area contributed by atoms with Crippen LogP contribution in [0, 0.1) is 29.0 Å². The van der Waals surface area contributed by atoms with Gasteiger partial charge in [0.2, 0.25) is 0 Å². The van der Waals surface area contributed by atoms with Gasteiger partial charge in [0.05, 0.1) is 5.92 Å². The molecule has 2 aliphatic rings. The molecule has 41 heavy (non-hydrogen) atoms. The van der Waals surface area contributed by atoms with Crippen LogP contribution in [-0.2, 0) is 11.3 Å². The van der Waals surface area contributed by atoms with Gasteiger partial charge >= 0.3 is 10.8 Å². The van der Waals surface area contributed by atoms with Crippen LogP contribution in [0.25, 0.3) is 16.9 Å². The van der Waals surface area contributed by atoms with Gasteiger partial charge in [0.25, 0.3) is 17.6 Å². The number of aryl methyl sites for hydroxylation is 1. The molecule has 2 fully saturated rings. The topological polar surface area (TPSA) is 165 Å². The molecule has 2 saturated carbocycles. The lowest BCUT2D eigenvalue weighted by Gasteiger charge is -2.50. The summed E-state index contributed by atoms with van der Waals surface area (Å²) in [4.78, 5) is 47.0. The fourth-order valence-corrected chi connectivity index (χ4v) is 6.88. The summed E-state index contributed by atoms with van der Waals surface area (Å²) in [6.07, 6.45) is 4.83. The summed E-state index contributed by atoms with van der Waals surface area (Å²) in [6.45, 7) is 3.94. The van der Waals surface area contributed by atoms with Gasteiger partial charge in [-0.3, -0.25) is 14.4 Å². The molecule has 2 bridgehead atoms. The van der Waals surface area contributed by atoms with E-state index < -0.39 is 17.8 Å². The molecule has 0 radical (unpaired) electrons. The third-order valence-electron chi connectivity index (χ3n) is 8.82. The van der Waals surface area contributed by atoms with E-state index in [1.807, 2.05) is 19.1 Å². The highest BCUT2D eigenvalue weighted by atomic mass is 32.1. The Kier molecular flexibility index (Phi) is 6.84. The Balaban J connectivity index is 1.22. The van der Waals surface area contributed by atoms with E-state index in [-0.39, 0.29) is 51.8 Å². The predicted octanol–water partition coefficient (Wildman–Crippen LogP) is 4.22. The van der Waals surface area contributed by atoms with Gasteiger partial charge in [0.1, 0.15) is 16.9 Å². The Labute approximate surface area is 239 Å². The summed E-state index contributed by atoms with van der Waals surface area (Å²) in [5.74, 6) is -1.34. The van der Waals surface area contributed by atoms with E-state index in [0.717, 1.165) is 37.7 Å². The standard InChI is InChI=1S/C28H30N6O6S/c1-14(28-8-3-4-17(12-28)18(7-9-28)25(37)38)30-24(36)21-11-20(32-26-33-40-27(41)34(21)26)23(35)29-13-16-5-6-22-19(10-16)31-15(2)39-22/h5-6,10-11,14,17-18H,3-4,7-9,12-13H2,1-2H3,(H,29,35)(H,30,36)(H,37,38). The zero-order valence-electron chi connectivity index (χ0n) is 22.7. The Morgan fingerprint density at radius 3 is 2.83 bits per heavy atom. The molecule has 3 heterocycles. The van der Waals surface area contributed by atoms with Gasteiger partial charge in [-0.25, -0.2) is 14.4 Å². The van der Waals surface area contributed by atoms with Crippen molar-refractivity contribution in [2.75, 3.05) is 0 Å². The predicted molar refractivity (Wildman–Crippen MR) is 148 cm³/mol. The molecule has 3 aromatic heterocycles. The fraction of sp³-hybridized carbons (Fsp3) is 0.464. The van der Waals surface area contributed by atoms with Crippen LogP contribution in [0.3, 0.4) is 0 Å². The number of rotatable bonds is 7. The van der Waals surface area contributed by atoms with Crippen molar-refractivity contribution >= 4 is 46.9 Å². The number of benzene rings is 1. The van der Waals surface area contributed by atoms with Crippen molar-refractivity contribution in [1.82, 2.24) is 30.2 Å². The monoisotopic (exact) mass is 578 g/mol. The first-order valence-electron chi connectivity index (χ1n) is 13.7. The highest BCUT2D eigenvalue weighted by Gasteiger charge is 2.48. The molecule has 4 unspecified atom stereocenters. The van der Waals surface area contributed by atoms with Gasteiger partial charge in [-0.05, 0) is 91.5 Å². The van der Waals surface area contributed by atoms with Crippen molar-refractivity contribution in [1.29, 1.82) is 0 Å². The van der Waals surface area contributed by atoms with Crippen LogP contribution in [0.5, 0.6) is 0 Å². The largest absolute Gasteiger partial charge is 0.481 e. The number of nitrogens with zero attached hydrogens (tertiary/aromatic N) is 4. The van der Waals surface area contributed by atoms with Gasteiger partial charge in [0, 0.05) is 19.5 Å². The number of oxazole rings is 1. The lowest BCUT2D eigenvalue weighted by atomic mass is 9.56. The number of hydrogen-bond acceptors (Lipinski definition) is 9. The molecular weight excluding hydrogens is 548 g/mol. The maximum atomic E-state index is 13.7. The summed E-state index contributed by atoms with van der Waals surface area (Å²) in [5.41, 5.74) is 2.06. The van der Waals surface area contributed by atoms with E-state index in [1.165, 1.54) is 10.5 Å². The summed E-state index contributed by atoms with van der Waals surface area (Å²) in [7, 11) is 0. The molecular formula is C28H30N6O6S. The van der Waals surface area contributed by atoms with Gasteiger partial charge in [-0.2, -0.15) is 0 Å². The summed E-state index contributed by atoms with van der Waals surface area (Å²) in [5, 5.41) is 19.4. The van der Waals surface area contributed by atoms with E-state index in [1.54, 1.807) is 13.0 Å². The number of fused-ring (bicyclic) bond motifs is 4. The first-order chi connectivity index (χ1) is 19.6. The summed E-state index contributed by atoms with van der Waals surface area (Å²) >= 11 is 5.25. The molecule has 2 amide bonds. The molecule has 4 aromatic rings. The van der Waals surface area contributed by atoms with E-state index in [9.17, 15) is 19.5 Å². The van der Waals surface area contributed by atoms with Crippen molar-refractivity contribution in [3.63, 3.8) is 0 Å². The lowest BCUT2D eigenvalue weighted by molar-refractivity contribution is -0.148. The Morgan fingerprint density at radius 2 is 2.02 bits per heavy atom. The average molecular weight is 579 g/mol. The molecule has 0 saturated heterocycles. The fourth-order valence-electron chi connectivity index (χ4n) is 6.66. The first kappa shape index (κ1) is 27.1. The maximum absolute atomic E-state index is 13.7. The highest BCUT2D eigenvalue weighted by Crippen LogP contribution is 2.53. The van der Waals surface area contributed by atoms with Crippen LogP contribution in [0.15, 0.2) is 33.2 Å². The number of aliphatic carboxylic acids is 1. The molecule has 214 valence electrons. The SMILES string of the molecule is Cc1nc2cc(CNC(=O)c3cc(C(=O)NC(C)C45CCCC(C4)C(C(=O)O)CC5)n4c(=S)onc4n3)ccc2o1. The second-order valence-electron chi connectivity index (χ2n) is 11.2. The molecule has 12 nitrogen and oxygen atoms in total. The van der Waals surface area contributed by atoms with Crippen LogP contribution in [0.4, 0.5) is 0 Å². The average Bonchev–Trinajstić information content (AvgIpc) is 3.51. The van der Waals surface area contributed by atoms with Crippen molar-refractivity contribution in [2.24, 2.45) is 17.3 Å². The van der Waals surface area contributed by atoms with E-state index in [2.05, 4.69) is 25.8 Å². The Hall–Kier alpha value is -4.13. The zero-order valence-corrected chi connectivity index (χ0v) is 23.5. The van der Waals surface area contributed by atoms with Crippen LogP contribution < -0.4 is 10.6 Å². The number of carbonyl (C=O) groups is 3. The molecule has 0 spiro atoms. The number of amides is 2. The van der Waals surface area contributed by atoms with Crippen molar-refractivity contribution < 1.29 is 28.4 Å². The van der Waals surface area contributed by atoms with E-state index >= 15 is 0 Å². The van der Waals surface area contributed by atoms with Gasteiger partial charge in [-0.1, -0.05) is 12.5 Å². The van der Waals surface area contributed by atoms with Crippen molar-refractivity contribution in [3.8, 4) is 0 Å². The number of carboxylic acid groups (broad SMARTS) is 1. The van der Waals surface area contributed by atoms with Crippen molar-refractivity contribution in [2.45, 2.75) is 65.0 Å². The first-order valence-corrected chi connectivity index (χ1v) is 14.1. The molecule has 0 aliphatic heterocycles. The molecule has 13 heteroatoms. The smallest absolute Gasteiger partial charge is 0.306 e. The van der Waals surface area contributed by atoms with Crippen LogP contribution in [0.1, 0.15) is 77.9 Å². The molecule has 2 aliphatic carbocycles. The van der Waals surface area contributed by atoms with Gasteiger partial charge in [-0.15, -0.1) is 0 Å². The second-order valence-corrected chi connectivity index (χ2v) is 11.6. The van der Waals surface area contributed by atoms with Crippen molar-refractivity contribution in [3.05, 3.63) is 51.9 Å². The minimum atomic E-state index is -0.734. The van der Waals surface area contributed by atoms with Crippen LogP contribution in [-0.4, -0.2) is 48.5 Å². The third-order valence-corrected chi connectivity index (χ3v) is 9.08. The van der Waals surface area contributed by atoms with Gasteiger partial charge < -0.3 is 24.7 Å². The number of aromatic nitrogens is 4. The zero-order chi connectivity index (χ0) is 28.9. The minimum absolute atomic E-state index is 0.00203. The van der Waals surface area contributed by atoms with Gasteiger partial charge in [0.15, 0.2) is 11.5 Å². The molecule has 3 N–H and O–H groups in total. The number of carbonyl (C=O) groups excluding carboxylic acids is 2. The Morgan fingerprint density at radius 1 is 1.20 bits per heavy atom. The number of hydrogen-bond donors (Lipinski definition) is 3. The summed E-state index contributed by atoms with van der Waals surface area (Å²) < 4.78 is 11.9. The highest BCUT2D eigenvalue weighted by molar-refractivity contribution is 7.71. The van der Waals surface area contributed by atoms with Crippen LogP contribution in [0.2, 0.25) is 0 Å². The lowest BCUT2D eigenvalue weighted by Crippen LogP contribution is -2.52. The van der Waals surface area contributed by atoms with E-state index in [0.29, 0.717) is 23.4 Å². The minimum Gasteiger partial charge on any atom is -0.481 e. The quantitative estimate of drug-likeness (QED) is 0.270. The molecule has 1 aromatic carbocycles. The maximum Gasteiger partial charge on any atom is 0.306 e. The third kappa shape index (κ3) is 4.98. The molecule has 4 atom stereocenters.